The summed E-state index contributed by atoms with van der Waals surface area (Å²) >= 11 is 11.3. The molecule has 1 N–H and O–H groups in total. The summed E-state index contributed by atoms with van der Waals surface area (Å²) in [4.78, 5) is 1.22. The fourth-order valence-corrected chi connectivity index (χ4v) is 4.24. The molecule has 1 unspecified atom stereocenters. The van der Waals surface area contributed by atoms with Gasteiger partial charge in [-0.25, -0.2) is 0 Å². The zero-order valence-electron chi connectivity index (χ0n) is 11.1. The Morgan fingerprint density at radius 2 is 2.30 bits per heavy atom. The molecule has 1 atom stereocenters. The van der Waals surface area contributed by atoms with Crippen molar-refractivity contribution in [3.05, 3.63) is 49.1 Å². The van der Waals surface area contributed by atoms with E-state index in [4.69, 9.17) is 16.3 Å². The van der Waals surface area contributed by atoms with E-state index in [0.717, 1.165) is 34.1 Å². The maximum absolute atomic E-state index is 6.09. The molecule has 1 aromatic carbocycles. The predicted molar refractivity (Wildman–Crippen MR) is 88.2 cm³/mol. The van der Waals surface area contributed by atoms with Crippen LogP contribution in [0.2, 0.25) is 4.34 Å². The van der Waals surface area contributed by atoms with Crippen LogP contribution in [-0.2, 0) is 6.42 Å². The van der Waals surface area contributed by atoms with Gasteiger partial charge in [-0.1, -0.05) is 34.5 Å². The van der Waals surface area contributed by atoms with Crippen molar-refractivity contribution in [1.82, 2.24) is 5.32 Å². The van der Waals surface area contributed by atoms with Gasteiger partial charge in [-0.05, 0) is 36.4 Å². The molecule has 0 radical (unpaired) electrons. The molecule has 106 valence electrons. The first-order chi connectivity index (χ1) is 9.69. The minimum absolute atomic E-state index is 0.127. The molecular weight excluding hydrogens is 358 g/mol. The molecule has 1 aliphatic rings. The van der Waals surface area contributed by atoms with Crippen LogP contribution in [0.5, 0.6) is 5.75 Å². The number of halogens is 2. The van der Waals surface area contributed by atoms with E-state index in [-0.39, 0.29) is 6.04 Å². The van der Waals surface area contributed by atoms with E-state index in [2.05, 4.69) is 46.4 Å². The first-order valence-corrected chi connectivity index (χ1v) is 8.61. The Labute approximate surface area is 136 Å². The summed E-state index contributed by atoms with van der Waals surface area (Å²) in [6.45, 7) is 3.77. The van der Waals surface area contributed by atoms with Crippen molar-refractivity contribution in [2.24, 2.45) is 0 Å². The van der Waals surface area contributed by atoms with Crippen molar-refractivity contribution in [2.75, 3.05) is 13.2 Å². The first-order valence-electron chi connectivity index (χ1n) is 6.62. The van der Waals surface area contributed by atoms with Gasteiger partial charge in [0.05, 0.1) is 17.0 Å². The SMILES string of the molecule is CCNC(c1ccc(Cl)s1)c1cc(Br)cc2c1OCC2. The van der Waals surface area contributed by atoms with Gasteiger partial charge in [0.15, 0.2) is 0 Å². The largest absolute Gasteiger partial charge is 0.493 e. The minimum atomic E-state index is 0.127. The van der Waals surface area contributed by atoms with Gasteiger partial charge < -0.3 is 10.1 Å². The van der Waals surface area contributed by atoms with Crippen LogP contribution in [0, 0.1) is 0 Å². The number of nitrogens with one attached hydrogen (secondary N) is 1. The van der Waals surface area contributed by atoms with Gasteiger partial charge >= 0.3 is 0 Å². The Hall–Kier alpha value is -0.550. The Morgan fingerprint density at radius 1 is 1.45 bits per heavy atom. The van der Waals surface area contributed by atoms with Crippen molar-refractivity contribution < 1.29 is 4.74 Å². The van der Waals surface area contributed by atoms with Crippen LogP contribution in [0.1, 0.15) is 29.0 Å². The topological polar surface area (TPSA) is 21.3 Å². The van der Waals surface area contributed by atoms with Crippen LogP contribution in [0.4, 0.5) is 0 Å². The van der Waals surface area contributed by atoms with E-state index in [9.17, 15) is 0 Å². The van der Waals surface area contributed by atoms with Gasteiger partial charge in [0.25, 0.3) is 0 Å². The van der Waals surface area contributed by atoms with E-state index >= 15 is 0 Å². The number of fused-ring (bicyclic) bond motifs is 1. The molecule has 0 saturated carbocycles. The van der Waals surface area contributed by atoms with E-state index in [1.54, 1.807) is 11.3 Å². The zero-order chi connectivity index (χ0) is 14.1. The van der Waals surface area contributed by atoms with Gasteiger partial charge in [-0.2, -0.15) is 0 Å². The van der Waals surface area contributed by atoms with Crippen molar-refractivity contribution in [3.63, 3.8) is 0 Å². The van der Waals surface area contributed by atoms with Gasteiger partial charge in [0, 0.05) is 21.3 Å². The van der Waals surface area contributed by atoms with Crippen LogP contribution in [0.15, 0.2) is 28.7 Å². The summed E-state index contributed by atoms with van der Waals surface area (Å²) < 4.78 is 7.77. The summed E-state index contributed by atoms with van der Waals surface area (Å²) in [7, 11) is 0. The molecule has 0 saturated heterocycles. The summed E-state index contributed by atoms with van der Waals surface area (Å²) in [5.74, 6) is 1.03. The number of thiophene rings is 1. The van der Waals surface area contributed by atoms with Crippen LogP contribution in [0.3, 0.4) is 0 Å². The smallest absolute Gasteiger partial charge is 0.127 e. The highest BCUT2D eigenvalue weighted by Crippen LogP contribution is 2.40. The lowest BCUT2D eigenvalue weighted by molar-refractivity contribution is 0.350. The van der Waals surface area contributed by atoms with Crippen LogP contribution in [0.25, 0.3) is 0 Å². The Morgan fingerprint density at radius 3 is 3.00 bits per heavy atom. The maximum Gasteiger partial charge on any atom is 0.127 e. The molecule has 20 heavy (non-hydrogen) atoms. The molecule has 0 aliphatic carbocycles. The first kappa shape index (κ1) is 14.4. The summed E-state index contributed by atoms with van der Waals surface area (Å²) in [5, 5.41) is 3.54. The Balaban J connectivity index is 2.08. The minimum Gasteiger partial charge on any atom is -0.493 e. The number of ether oxygens (including phenoxy) is 1. The normalized spacial score (nSPS) is 14.9. The molecule has 5 heteroatoms. The third-order valence-corrected chi connectivity index (χ3v) is 5.13. The fourth-order valence-electron chi connectivity index (χ4n) is 2.56. The molecule has 2 nitrogen and oxygen atoms in total. The Bertz CT molecular complexity index is 628. The van der Waals surface area contributed by atoms with E-state index in [1.807, 2.05) is 6.07 Å². The lowest BCUT2D eigenvalue weighted by Crippen LogP contribution is -2.21. The summed E-state index contributed by atoms with van der Waals surface area (Å²) in [6, 6.07) is 8.45. The number of hydrogen-bond acceptors (Lipinski definition) is 3. The predicted octanol–water partition coefficient (Wildman–Crippen LogP) is 4.80. The highest BCUT2D eigenvalue weighted by molar-refractivity contribution is 9.10. The lowest BCUT2D eigenvalue weighted by Gasteiger charge is -2.20. The second kappa shape index (κ2) is 6.06. The van der Waals surface area contributed by atoms with Crippen LogP contribution < -0.4 is 10.1 Å². The quantitative estimate of drug-likeness (QED) is 0.832. The molecular formula is C15H15BrClNOS. The van der Waals surface area contributed by atoms with Crippen molar-refractivity contribution >= 4 is 38.9 Å². The summed E-state index contributed by atoms with van der Waals surface area (Å²) in [6.07, 6.45) is 0.978. The standard InChI is InChI=1S/C15H15BrClNOS/c1-2-18-14(12-3-4-13(17)20-12)11-8-10(16)7-9-5-6-19-15(9)11/h3-4,7-8,14,18H,2,5-6H2,1H3. The Kier molecular flexibility index (Phi) is 4.36. The maximum atomic E-state index is 6.09. The zero-order valence-corrected chi connectivity index (χ0v) is 14.2. The molecule has 1 aliphatic heterocycles. The molecule has 1 aromatic heterocycles. The summed E-state index contributed by atoms with van der Waals surface area (Å²) in [5.41, 5.74) is 2.46. The molecule has 2 heterocycles. The number of benzene rings is 1. The number of rotatable bonds is 4. The molecule has 2 aromatic rings. The average molecular weight is 373 g/mol. The fraction of sp³-hybridized carbons (Fsp3) is 0.333. The lowest BCUT2D eigenvalue weighted by atomic mass is 10.0. The second-order valence-corrected chi connectivity index (χ2v) is 7.38. The van der Waals surface area contributed by atoms with Crippen molar-refractivity contribution in [2.45, 2.75) is 19.4 Å². The third-order valence-electron chi connectivity index (χ3n) is 3.37. The van der Waals surface area contributed by atoms with E-state index in [1.165, 1.54) is 16.0 Å². The van der Waals surface area contributed by atoms with Gasteiger partial charge in [-0.3, -0.25) is 0 Å². The highest BCUT2D eigenvalue weighted by Gasteiger charge is 2.25. The average Bonchev–Trinajstić information content (AvgIpc) is 3.03. The van der Waals surface area contributed by atoms with Crippen molar-refractivity contribution in [1.29, 1.82) is 0 Å². The van der Waals surface area contributed by atoms with E-state index < -0.39 is 0 Å². The molecule has 0 fully saturated rings. The van der Waals surface area contributed by atoms with Gasteiger partial charge in [0.1, 0.15) is 5.75 Å². The third kappa shape index (κ3) is 2.75. The molecule has 0 bridgehead atoms. The molecule has 0 spiro atoms. The molecule has 3 rings (SSSR count). The van der Waals surface area contributed by atoms with E-state index in [0.29, 0.717) is 0 Å². The van der Waals surface area contributed by atoms with Crippen LogP contribution in [-0.4, -0.2) is 13.2 Å². The van der Waals surface area contributed by atoms with Gasteiger partial charge in [0.2, 0.25) is 0 Å². The second-order valence-electron chi connectivity index (χ2n) is 4.71. The van der Waals surface area contributed by atoms with Crippen molar-refractivity contribution in [3.8, 4) is 5.75 Å². The van der Waals surface area contributed by atoms with Crippen LogP contribution >= 0.6 is 38.9 Å². The number of hydrogen-bond donors (Lipinski definition) is 1. The highest BCUT2D eigenvalue weighted by atomic mass is 79.9. The molecule has 0 amide bonds. The monoisotopic (exact) mass is 371 g/mol. The van der Waals surface area contributed by atoms with Gasteiger partial charge in [-0.15, -0.1) is 11.3 Å².